The fourth-order valence-corrected chi connectivity index (χ4v) is 0.316. The standard InChI is InChI=1S/2C4H10O.CH4O.Ti/c2*1-2-3-4-5;1-2;/h2*5H,2-4H2,1H3;2H,1H3;. The number of rotatable bonds is 4. The van der Waals surface area contributed by atoms with Crippen molar-refractivity contribution in [2.75, 3.05) is 20.3 Å². The Morgan fingerprint density at radius 3 is 1.00 bits per heavy atom. The van der Waals surface area contributed by atoms with E-state index in [-0.39, 0.29) is 21.7 Å². The summed E-state index contributed by atoms with van der Waals surface area (Å²) >= 11 is 0. The number of aliphatic hydroxyl groups is 3. The van der Waals surface area contributed by atoms with Gasteiger partial charge in [-0.15, -0.1) is 0 Å². The van der Waals surface area contributed by atoms with E-state index in [4.69, 9.17) is 15.3 Å². The first-order chi connectivity index (χ1) is 5.83. The predicted molar refractivity (Wildman–Crippen MR) is 52.1 cm³/mol. The maximum absolute atomic E-state index is 8.07. The van der Waals surface area contributed by atoms with Gasteiger partial charge in [0.2, 0.25) is 0 Å². The van der Waals surface area contributed by atoms with Crippen molar-refractivity contribution >= 4 is 0 Å². The molecular weight excluding hydrogens is 204 g/mol. The Labute approximate surface area is 97.1 Å². The first-order valence-electron chi connectivity index (χ1n) is 4.49. The van der Waals surface area contributed by atoms with Crippen LogP contribution in [0.2, 0.25) is 0 Å². The summed E-state index contributed by atoms with van der Waals surface area (Å²) in [6, 6.07) is 0. The van der Waals surface area contributed by atoms with Gasteiger partial charge in [0.1, 0.15) is 0 Å². The Hall–Kier alpha value is 0.594. The van der Waals surface area contributed by atoms with Crippen LogP contribution in [0.4, 0.5) is 0 Å². The summed E-state index contributed by atoms with van der Waals surface area (Å²) in [5, 5.41) is 23.1. The molecule has 0 unspecified atom stereocenters. The summed E-state index contributed by atoms with van der Waals surface area (Å²) in [6.07, 6.45) is 4.08. The molecule has 82 valence electrons. The van der Waals surface area contributed by atoms with Crippen molar-refractivity contribution in [1.29, 1.82) is 0 Å². The van der Waals surface area contributed by atoms with E-state index in [0.29, 0.717) is 13.2 Å². The SMILES string of the molecule is CCCCO.CCCCO.CO.[Ti]. The average Bonchev–Trinajstić information content (AvgIpc) is 2.12. The first kappa shape index (κ1) is 23.4. The summed E-state index contributed by atoms with van der Waals surface area (Å²) < 4.78 is 0. The molecule has 0 aromatic heterocycles. The Bertz CT molecular complexity index is 35.8. The van der Waals surface area contributed by atoms with Gasteiger partial charge in [0.25, 0.3) is 0 Å². The molecule has 3 N–H and O–H groups in total. The predicted octanol–water partition coefficient (Wildman–Crippen LogP) is 1.16. The molecule has 0 aromatic carbocycles. The molecule has 0 atom stereocenters. The van der Waals surface area contributed by atoms with E-state index in [0.717, 1.165) is 32.8 Å². The van der Waals surface area contributed by atoms with E-state index in [2.05, 4.69) is 13.8 Å². The van der Waals surface area contributed by atoms with Gasteiger partial charge in [0.05, 0.1) is 0 Å². The quantitative estimate of drug-likeness (QED) is 0.633. The monoisotopic (exact) mass is 228 g/mol. The third kappa shape index (κ3) is 67.0. The van der Waals surface area contributed by atoms with Crippen LogP contribution >= 0.6 is 0 Å². The van der Waals surface area contributed by atoms with Crippen molar-refractivity contribution in [3.05, 3.63) is 0 Å². The molecule has 0 bridgehead atoms. The first-order valence-corrected chi connectivity index (χ1v) is 4.49. The van der Waals surface area contributed by atoms with E-state index in [1.165, 1.54) is 0 Å². The average molecular weight is 228 g/mol. The molecule has 13 heavy (non-hydrogen) atoms. The molecule has 0 amide bonds. The van der Waals surface area contributed by atoms with Crippen LogP contribution in [0.1, 0.15) is 39.5 Å². The van der Waals surface area contributed by atoms with Crippen molar-refractivity contribution in [2.24, 2.45) is 0 Å². The van der Waals surface area contributed by atoms with Gasteiger partial charge in [-0.1, -0.05) is 26.7 Å². The van der Waals surface area contributed by atoms with Crippen molar-refractivity contribution in [3.63, 3.8) is 0 Å². The molecule has 0 radical (unpaired) electrons. The zero-order chi connectivity index (χ0) is 10.2. The third-order valence-corrected chi connectivity index (χ3v) is 1.02. The Kier molecular flexibility index (Phi) is 70.2. The van der Waals surface area contributed by atoms with Gasteiger partial charge >= 0.3 is 0 Å². The van der Waals surface area contributed by atoms with Crippen molar-refractivity contribution in [1.82, 2.24) is 0 Å². The molecule has 0 heterocycles. The summed E-state index contributed by atoms with van der Waals surface area (Å²) in [4.78, 5) is 0. The van der Waals surface area contributed by atoms with Gasteiger partial charge in [-0.3, -0.25) is 0 Å². The summed E-state index contributed by atoms with van der Waals surface area (Å²) in [6.45, 7) is 4.79. The van der Waals surface area contributed by atoms with Crippen LogP contribution in [0.25, 0.3) is 0 Å². The van der Waals surface area contributed by atoms with Crippen molar-refractivity contribution in [3.8, 4) is 0 Å². The van der Waals surface area contributed by atoms with Crippen molar-refractivity contribution < 1.29 is 37.0 Å². The minimum absolute atomic E-state index is 0. The van der Waals surface area contributed by atoms with E-state index in [1.807, 2.05) is 0 Å². The molecular formula is C9H24O3Ti. The molecule has 0 saturated carbocycles. The molecule has 4 heteroatoms. The zero-order valence-corrected chi connectivity index (χ0v) is 10.6. The Morgan fingerprint density at radius 2 is 1.00 bits per heavy atom. The van der Waals surface area contributed by atoms with Crippen LogP contribution in [0.5, 0.6) is 0 Å². The van der Waals surface area contributed by atoms with E-state index in [1.54, 1.807) is 0 Å². The molecule has 0 aliphatic heterocycles. The zero-order valence-electron chi connectivity index (χ0n) is 9.08. The molecule has 0 aliphatic carbocycles. The Morgan fingerprint density at radius 1 is 0.769 bits per heavy atom. The molecule has 0 fully saturated rings. The van der Waals surface area contributed by atoms with E-state index >= 15 is 0 Å². The maximum atomic E-state index is 8.07. The van der Waals surface area contributed by atoms with Gasteiger partial charge in [-0.2, -0.15) is 0 Å². The second kappa shape index (κ2) is 38.9. The fraction of sp³-hybridized carbons (Fsp3) is 1.00. The van der Waals surface area contributed by atoms with Gasteiger partial charge < -0.3 is 15.3 Å². The van der Waals surface area contributed by atoms with Crippen LogP contribution in [0, 0.1) is 0 Å². The second-order valence-electron chi connectivity index (χ2n) is 2.15. The van der Waals surface area contributed by atoms with Crippen LogP contribution in [0.15, 0.2) is 0 Å². The van der Waals surface area contributed by atoms with Crippen LogP contribution in [0.3, 0.4) is 0 Å². The smallest absolute Gasteiger partial charge is 0.0430 e. The van der Waals surface area contributed by atoms with Gasteiger partial charge in [0, 0.05) is 42.0 Å². The summed E-state index contributed by atoms with van der Waals surface area (Å²) in [7, 11) is 1.00. The van der Waals surface area contributed by atoms with E-state index < -0.39 is 0 Å². The van der Waals surface area contributed by atoms with Crippen molar-refractivity contribution in [2.45, 2.75) is 39.5 Å². The van der Waals surface area contributed by atoms with Gasteiger partial charge in [-0.05, 0) is 12.8 Å². The number of aliphatic hydroxyl groups excluding tert-OH is 3. The fourth-order valence-electron chi connectivity index (χ4n) is 0.316. The molecule has 0 rings (SSSR count). The number of hydrogen-bond acceptors (Lipinski definition) is 3. The second-order valence-corrected chi connectivity index (χ2v) is 2.15. The molecule has 0 saturated heterocycles. The summed E-state index contributed by atoms with van der Waals surface area (Å²) in [5.74, 6) is 0. The molecule has 0 aliphatic rings. The van der Waals surface area contributed by atoms with E-state index in [9.17, 15) is 0 Å². The molecule has 0 spiro atoms. The molecule has 0 aromatic rings. The Balaban J connectivity index is -0.0000000491. The summed E-state index contributed by atoms with van der Waals surface area (Å²) in [5.41, 5.74) is 0. The normalized spacial score (nSPS) is 6.92. The van der Waals surface area contributed by atoms with Crippen LogP contribution in [-0.4, -0.2) is 35.6 Å². The minimum Gasteiger partial charge on any atom is -0.400 e. The topological polar surface area (TPSA) is 60.7 Å². The van der Waals surface area contributed by atoms with Gasteiger partial charge in [-0.25, -0.2) is 0 Å². The minimum atomic E-state index is 0. The van der Waals surface area contributed by atoms with Crippen LogP contribution in [-0.2, 0) is 21.7 Å². The van der Waals surface area contributed by atoms with Gasteiger partial charge in [0.15, 0.2) is 0 Å². The largest absolute Gasteiger partial charge is 0.400 e. The van der Waals surface area contributed by atoms with Crippen LogP contribution < -0.4 is 0 Å². The number of unbranched alkanes of at least 4 members (excludes halogenated alkanes) is 2. The molecule has 3 nitrogen and oxygen atoms in total. The maximum Gasteiger partial charge on any atom is 0.0430 e. The number of hydrogen-bond donors (Lipinski definition) is 3. The third-order valence-electron chi connectivity index (χ3n) is 1.02.